The standard InChI is InChI=1S/C10H20N2/c1-9(11-12(2)3)10-7-5-4-6-8-10/h10H,4-8H2,1-3H3/b11-9+. The highest BCUT2D eigenvalue weighted by Gasteiger charge is 2.15. The summed E-state index contributed by atoms with van der Waals surface area (Å²) in [5, 5.41) is 6.36. The van der Waals surface area contributed by atoms with Crippen molar-refractivity contribution in [1.82, 2.24) is 5.01 Å². The number of hydrazone groups is 1. The van der Waals surface area contributed by atoms with Crippen LogP contribution in [0.1, 0.15) is 39.0 Å². The Labute approximate surface area is 75.6 Å². The summed E-state index contributed by atoms with van der Waals surface area (Å²) in [6.45, 7) is 2.16. The van der Waals surface area contributed by atoms with Crippen molar-refractivity contribution in [1.29, 1.82) is 0 Å². The van der Waals surface area contributed by atoms with Crippen molar-refractivity contribution < 1.29 is 0 Å². The van der Waals surface area contributed by atoms with E-state index in [1.165, 1.54) is 37.8 Å². The molecule has 2 nitrogen and oxygen atoms in total. The van der Waals surface area contributed by atoms with Crippen molar-refractivity contribution in [2.24, 2.45) is 11.0 Å². The second kappa shape index (κ2) is 4.48. The van der Waals surface area contributed by atoms with Crippen molar-refractivity contribution in [3.8, 4) is 0 Å². The largest absolute Gasteiger partial charge is 0.303 e. The van der Waals surface area contributed by atoms with Gasteiger partial charge >= 0.3 is 0 Å². The van der Waals surface area contributed by atoms with Gasteiger partial charge in [0, 0.05) is 19.8 Å². The molecule has 0 aliphatic heterocycles. The van der Waals surface area contributed by atoms with Crippen LogP contribution < -0.4 is 0 Å². The molecule has 1 saturated carbocycles. The molecule has 12 heavy (non-hydrogen) atoms. The Hall–Kier alpha value is -0.530. The van der Waals surface area contributed by atoms with Gasteiger partial charge in [0.25, 0.3) is 0 Å². The minimum absolute atomic E-state index is 0.765. The predicted molar refractivity (Wildman–Crippen MR) is 53.4 cm³/mol. The molecule has 0 radical (unpaired) electrons. The maximum Gasteiger partial charge on any atom is 0.0380 e. The van der Waals surface area contributed by atoms with Crippen LogP contribution >= 0.6 is 0 Å². The second-order valence-electron chi connectivity index (χ2n) is 3.92. The SMILES string of the molecule is C/C(=N\N(C)C)C1CCCCC1. The van der Waals surface area contributed by atoms with Crippen molar-refractivity contribution in [3.05, 3.63) is 0 Å². The summed E-state index contributed by atoms with van der Waals surface area (Å²) in [6, 6.07) is 0. The van der Waals surface area contributed by atoms with Gasteiger partial charge < -0.3 is 5.01 Å². The summed E-state index contributed by atoms with van der Waals surface area (Å²) in [4.78, 5) is 0. The number of hydrogen-bond donors (Lipinski definition) is 0. The molecular formula is C10H20N2. The molecule has 0 bridgehead atoms. The zero-order valence-corrected chi connectivity index (χ0v) is 8.51. The zero-order chi connectivity index (χ0) is 8.97. The molecule has 0 aromatic rings. The van der Waals surface area contributed by atoms with Gasteiger partial charge in [-0.2, -0.15) is 5.10 Å². The van der Waals surface area contributed by atoms with Gasteiger partial charge in [-0.25, -0.2) is 0 Å². The predicted octanol–water partition coefficient (Wildman–Crippen LogP) is 2.50. The molecule has 1 aliphatic rings. The fourth-order valence-corrected chi connectivity index (χ4v) is 1.92. The van der Waals surface area contributed by atoms with Gasteiger partial charge in [0.1, 0.15) is 0 Å². The third kappa shape index (κ3) is 2.84. The van der Waals surface area contributed by atoms with E-state index in [9.17, 15) is 0 Å². The Bertz CT molecular complexity index is 155. The van der Waals surface area contributed by atoms with E-state index in [-0.39, 0.29) is 0 Å². The second-order valence-corrected chi connectivity index (χ2v) is 3.92. The Kier molecular flexibility index (Phi) is 3.57. The van der Waals surface area contributed by atoms with Crippen molar-refractivity contribution in [2.75, 3.05) is 14.1 Å². The third-order valence-corrected chi connectivity index (χ3v) is 2.55. The van der Waals surface area contributed by atoms with E-state index in [1.54, 1.807) is 0 Å². The number of hydrogen-bond acceptors (Lipinski definition) is 2. The summed E-state index contributed by atoms with van der Waals surface area (Å²) in [6.07, 6.45) is 6.91. The fraction of sp³-hybridized carbons (Fsp3) is 0.900. The highest BCUT2D eigenvalue weighted by atomic mass is 15.4. The normalized spacial score (nSPS) is 21.1. The minimum atomic E-state index is 0.765. The minimum Gasteiger partial charge on any atom is -0.303 e. The Morgan fingerprint density at radius 1 is 1.17 bits per heavy atom. The van der Waals surface area contributed by atoms with Crippen molar-refractivity contribution >= 4 is 5.71 Å². The average molecular weight is 168 g/mol. The van der Waals surface area contributed by atoms with Crippen LogP contribution in [0.25, 0.3) is 0 Å². The molecule has 70 valence electrons. The molecule has 0 atom stereocenters. The molecule has 2 heteroatoms. The molecule has 1 rings (SSSR count). The molecule has 0 saturated heterocycles. The van der Waals surface area contributed by atoms with Crippen LogP contribution in [0.5, 0.6) is 0 Å². The molecule has 1 fully saturated rings. The lowest BCUT2D eigenvalue weighted by Gasteiger charge is -2.22. The lowest BCUT2D eigenvalue weighted by Crippen LogP contribution is -2.18. The number of nitrogens with zero attached hydrogens (tertiary/aromatic N) is 2. The average Bonchev–Trinajstić information content (AvgIpc) is 2.05. The highest BCUT2D eigenvalue weighted by molar-refractivity contribution is 5.84. The van der Waals surface area contributed by atoms with Crippen LogP contribution in [-0.4, -0.2) is 24.8 Å². The molecule has 0 unspecified atom stereocenters. The lowest BCUT2D eigenvalue weighted by atomic mass is 9.86. The molecule has 0 aromatic carbocycles. The van der Waals surface area contributed by atoms with Gasteiger partial charge in [-0.3, -0.25) is 0 Å². The molecule has 0 heterocycles. The summed E-state index contributed by atoms with van der Waals surface area (Å²) < 4.78 is 0. The topological polar surface area (TPSA) is 15.6 Å². The van der Waals surface area contributed by atoms with Crippen LogP contribution in [0.15, 0.2) is 5.10 Å². The first-order valence-electron chi connectivity index (χ1n) is 4.92. The van der Waals surface area contributed by atoms with Crippen LogP contribution in [0.2, 0.25) is 0 Å². The van der Waals surface area contributed by atoms with E-state index in [0.717, 1.165) is 5.92 Å². The highest BCUT2D eigenvalue weighted by Crippen LogP contribution is 2.24. The summed E-state index contributed by atoms with van der Waals surface area (Å²) in [7, 11) is 3.98. The molecule has 1 aliphatic carbocycles. The van der Waals surface area contributed by atoms with Gasteiger partial charge in [0.05, 0.1) is 0 Å². The molecule has 0 aromatic heterocycles. The van der Waals surface area contributed by atoms with Gasteiger partial charge in [0.2, 0.25) is 0 Å². The first-order valence-corrected chi connectivity index (χ1v) is 4.92. The van der Waals surface area contributed by atoms with E-state index in [4.69, 9.17) is 0 Å². The maximum absolute atomic E-state index is 4.45. The van der Waals surface area contributed by atoms with E-state index < -0.39 is 0 Å². The molecule has 0 N–H and O–H groups in total. The smallest absolute Gasteiger partial charge is 0.0380 e. The molecule has 0 amide bonds. The van der Waals surface area contributed by atoms with E-state index in [0.29, 0.717) is 0 Å². The maximum atomic E-state index is 4.45. The number of rotatable bonds is 2. The van der Waals surface area contributed by atoms with Crippen LogP contribution in [0, 0.1) is 5.92 Å². The van der Waals surface area contributed by atoms with Crippen LogP contribution in [0.3, 0.4) is 0 Å². The van der Waals surface area contributed by atoms with Gasteiger partial charge in [-0.05, 0) is 25.7 Å². The molecular weight excluding hydrogens is 148 g/mol. The van der Waals surface area contributed by atoms with Crippen molar-refractivity contribution in [2.45, 2.75) is 39.0 Å². The Morgan fingerprint density at radius 3 is 2.25 bits per heavy atom. The first-order chi connectivity index (χ1) is 5.70. The third-order valence-electron chi connectivity index (χ3n) is 2.55. The van der Waals surface area contributed by atoms with Crippen LogP contribution in [0.4, 0.5) is 0 Å². The monoisotopic (exact) mass is 168 g/mol. The molecule has 0 spiro atoms. The fourth-order valence-electron chi connectivity index (χ4n) is 1.92. The van der Waals surface area contributed by atoms with Gasteiger partial charge in [0.15, 0.2) is 0 Å². The zero-order valence-electron chi connectivity index (χ0n) is 8.51. The van der Waals surface area contributed by atoms with E-state index in [1.807, 2.05) is 19.1 Å². The van der Waals surface area contributed by atoms with E-state index >= 15 is 0 Å². The quantitative estimate of drug-likeness (QED) is 0.457. The summed E-state index contributed by atoms with van der Waals surface area (Å²) >= 11 is 0. The van der Waals surface area contributed by atoms with Gasteiger partial charge in [-0.15, -0.1) is 0 Å². The van der Waals surface area contributed by atoms with Crippen LogP contribution in [-0.2, 0) is 0 Å². The summed E-state index contributed by atoms with van der Waals surface area (Å²) in [5.74, 6) is 0.765. The summed E-state index contributed by atoms with van der Waals surface area (Å²) in [5.41, 5.74) is 1.32. The lowest BCUT2D eigenvalue weighted by molar-refractivity contribution is 0.405. The van der Waals surface area contributed by atoms with Crippen molar-refractivity contribution in [3.63, 3.8) is 0 Å². The van der Waals surface area contributed by atoms with E-state index in [2.05, 4.69) is 12.0 Å². The van der Waals surface area contributed by atoms with Gasteiger partial charge in [-0.1, -0.05) is 19.3 Å². The Morgan fingerprint density at radius 2 is 1.75 bits per heavy atom. The Balaban J connectivity index is 2.44. The first kappa shape index (κ1) is 9.56.